The standard InChI is InChI=1S/C29H30N2O7/c1-29(2)10-9-17-11-16(5-7-23(17)38-29)12-22-26(28(34)31-30-22)19(14-25(32)36-4)21-15-37-24-8-6-18(35-3)13-20(24)27(21)33/h5-8,11,13,15,19H,9-10,12,14H2,1-4H3,(H2,30,31,34)/t19-/m1/s1. The first-order valence-electron chi connectivity index (χ1n) is 12.5. The number of benzene rings is 2. The van der Waals surface area contributed by atoms with E-state index in [4.69, 9.17) is 18.6 Å². The maximum atomic E-state index is 13.6. The van der Waals surface area contributed by atoms with E-state index in [0.29, 0.717) is 34.4 Å². The minimum absolute atomic E-state index is 0.184. The molecular formula is C29H30N2O7. The minimum atomic E-state index is -0.888. The zero-order valence-corrected chi connectivity index (χ0v) is 21.8. The number of esters is 1. The molecule has 0 saturated heterocycles. The van der Waals surface area contributed by atoms with Crippen LogP contribution in [0.4, 0.5) is 0 Å². The van der Waals surface area contributed by atoms with Crippen molar-refractivity contribution in [3.05, 3.63) is 91.2 Å². The van der Waals surface area contributed by atoms with Gasteiger partial charge in [-0.3, -0.25) is 19.5 Å². The minimum Gasteiger partial charge on any atom is -0.497 e. The highest BCUT2D eigenvalue weighted by Crippen LogP contribution is 2.35. The largest absolute Gasteiger partial charge is 0.497 e. The summed E-state index contributed by atoms with van der Waals surface area (Å²) in [6.45, 7) is 4.14. The van der Waals surface area contributed by atoms with Gasteiger partial charge in [-0.05, 0) is 62.1 Å². The number of fused-ring (bicyclic) bond motifs is 2. The molecule has 0 amide bonds. The van der Waals surface area contributed by atoms with Crippen molar-refractivity contribution >= 4 is 16.9 Å². The van der Waals surface area contributed by atoms with Crippen molar-refractivity contribution in [1.82, 2.24) is 10.2 Å². The van der Waals surface area contributed by atoms with Crippen molar-refractivity contribution < 1.29 is 23.4 Å². The predicted octanol–water partition coefficient (Wildman–Crippen LogP) is 4.21. The summed E-state index contributed by atoms with van der Waals surface area (Å²) >= 11 is 0. The number of carbonyl (C=O) groups is 1. The van der Waals surface area contributed by atoms with Crippen LogP contribution >= 0.6 is 0 Å². The number of aromatic amines is 2. The number of aryl methyl sites for hydroxylation is 1. The van der Waals surface area contributed by atoms with Gasteiger partial charge in [0.05, 0.1) is 32.3 Å². The van der Waals surface area contributed by atoms with Crippen molar-refractivity contribution in [1.29, 1.82) is 0 Å². The quantitative estimate of drug-likeness (QED) is 0.351. The Labute approximate surface area is 218 Å². The second kappa shape index (κ2) is 9.89. The molecule has 0 fully saturated rings. The van der Waals surface area contributed by atoms with Crippen molar-refractivity contribution in [2.45, 2.75) is 51.0 Å². The van der Waals surface area contributed by atoms with Gasteiger partial charge in [0, 0.05) is 29.2 Å². The van der Waals surface area contributed by atoms with Crippen LogP contribution in [0.3, 0.4) is 0 Å². The van der Waals surface area contributed by atoms with E-state index in [1.165, 1.54) is 20.5 Å². The van der Waals surface area contributed by atoms with Gasteiger partial charge in [-0.25, -0.2) is 0 Å². The predicted molar refractivity (Wildman–Crippen MR) is 141 cm³/mol. The zero-order valence-electron chi connectivity index (χ0n) is 21.8. The molecule has 38 heavy (non-hydrogen) atoms. The van der Waals surface area contributed by atoms with Crippen LogP contribution in [0.1, 0.15) is 60.6 Å². The number of nitrogens with one attached hydrogen (secondary N) is 2. The number of hydrogen-bond donors (Lipinski definition) is 2. The van der Waals surface area contributed by atoms with Gasteiger partial charge in [-0.1, -0.05) is 12.1 Å². The fraction of sp³-hybridized carbons (Fsp3) is 0.345. The summed E-state index contributed by atoms with van der Waals surface area (Å²) in [6.07, 6.45) is 3.28. The lowest BCUT2D eigenvalue weighted by atomic mass is 9.87. The molecule has 0 bridgehead atoms. The summed E-state index contributed by atoms with van der Waals surface area (Å²) in [5.74, 6) is -0.0896. The Morgan fingerprint density at radius 3 is 2.68 bits per heavy atom. The molecule has 9 heteroatoms. The average Bonchev–Trinajstić information content (AvgIpc) is 3.26. The third-order valence-corrected chi connectivity index (χ3v) is 7.11. The monoisotopic (exact) mass is 518 g/mol. The van der Waals surface area contributed by atoms with Crippen LogP contribution in [-0.2, 0) is 22.4 Å². The molecule has 0 unspecified atom stereocenters. The highest BCUT2D eigenvalue weighted by molar-refractivity contribution is 5.79. The zero-order chi connectivity index (χ0) is 27.0. The second-order valence-electron chi connectivity index (χ2n) is 10.2. The number of aromatic nitrogens is 2. The molecule has 0 radical (unpaired) electrons. The average molecular weight is 519 g/mol. The van der Waals surface area contributed by atoms with Gasteiger partial charge in [-0.2, -0.15) is 0 Å². The fourth-order valence-electron chi connectivity index (χ4n) is 5.05. The molecule has 2 aromatic carbocycles. The van der Waals surface area contributed by atoms with Gasteiger partial charge in [0.2, 0.25) is 0 Å². The maximum absolute atomic E-state index is 13.6. The lowest BCUT2D eigenvalue weighted by Gasteiger charge is -2.32. The third-order valence-electron chi connectivity index (χ3n) is 7.11. The third kappa shape index (κ3) is 4.83. The first-order valence-corrected chi connectivity index (χ1v) is 12.5. The number of carbonyl (C=O) groups excluding carboxylic acids is 1. The Bertz CT molecular complexity index is 1630. The van der Waals surface area contributed by atoms with E-state index in [-0.39, 0.29) is 23.0 Å². The molecule has 5 rings (SSSR count). The van der Waals surface area contributed by atoms with E-state index in [9.17, 15) is 14.4 Å². The molecule has 1 aliphatic heterocycles. The Morgan fingerprint density at radius 2 is 1.92 bits per heavy atom. The van der Waals surface area contributed by atoms with E-state index >= 15 is 0 Å². The van der Waals surface area contributed by atoms with Crippen LogP contribution in [0.25, 0.3) is 11.0 Å². The van der Waals surface area contributed by atoms with Crippen LogP contribution in [-0.4, -0.2) is 36.0 Å². The Kier molecular flexibility index (Phi) is 6.60. The highest BCUT2D eigenvalue weighted by Gasteiger charge is 2.30. The van der Waals surface area contributed by atoms with Gasteiger partial charge in [0.1, 0.15) is 22.7 Å². The van der Waals surface area contributed by atoms with Crippen molar-refractivity contribution in [2.24, 2.45) is 0 Å². The van der Waals surface area contributed by atoms with Gasteiger partial charge >= 0.3 is 5.97 Å². The number of methoxy groups -OCH3 is 2. The van der Waals surface area contributed by atoms with E-state index in [1.807, 2.05) is 12.1 Å². The first-order chi connectivity index (χ1) is 18.2. The van der Waals surface area contributed by atoms with Gasteiger partial charge in [0.25, 0.3) is 5.56 Å². The maximum Gasteiger partial charge on any atom is 0.306 e. The fourth-order valence-corrected chi connectivity index (χ4v) is 5.05. The lowest BCUT2D eigenvalue weighted by Crippen LogP contribution is -2.32. The lowest BCUT2D eigenvalue weighted by molar-refractivity contribution is -0.140. The van der Waals surface area contributed by atoms with E-state index in [0.717, 1.165) is 29.7 Å². The molecular weight excluding hydrogens is 488 g/mol. The summed E-state index contributed by atoms with van der Waals surface area (Å²) < 4.78 is 22.0. The highest BCUT2D eigenvalue weighted by atomic mass is 16.5. The Hall–Kier alpha value is -4.27. The SMILES string of the molecule is COC(=O)C[C@@H](c1c(Cc2ccc3c(c2)CCC(C)(C)O3)[nH][nH]c1=O)c1coc2ccc(OC)cc2c1=O. The van der Waals surface area contributed by atoms with Crippen molar-refractivity contribution in [3.8, 4) is 11.5 Å². The summed E-state index contributed by atoms with van der Waals surface area (Å²) in [5.41, 5.74) is 2.53. The summed E-state index contributed by atoms with van der Waals surface area (Å²) in [5, 5.41) is 5.89. The second-order valence-corrected chi connectivity index (χ2v) is 10.2. The molecule has 0 saturated carbocycles. The topological polar surface area (TPSA) is 124 Å². The van der Waals surface area contributed by atoms with E-state index in [1.54, 1.807) is 18.2 Å². The molecule has 2 N–H and O–H groups in total. The number of hydrogen-bond acceptors (Lipinski definition) is 7. The molecule has 1 aliphatic rings. The Balaban J connectivity index is 1.57. The molecule has 2 aromatic heterocycles. The van der Waals surface area contributed by atoms with Gasteiger partial charge < -0.3 is 23.7 Å². The molecule has 3 heterocycles. The smallest absolute Gasteiger partial charge is 0.306 e. The molecule has 9 nitrogen and oxygen atoms in total. The van der Waals surface area contributed by atoms with Crippen molar-refractivity contribution in [3.63, 3.8) is 0 Å². The van der Waals surface area contributed by atoms with Crippen LogP contribution in [0.2, 0.25) is 0 Å². The first kappa shape index (κ1) is 25.4. The van der Waals surface area contributed by atoms with Crippen LogP contribution in [0.15, 0.2) is 56.7 Å². The van der Waals surface area contributed by atoms with Crippen LogP contribution < -0.4 is 20.5 Å². The van der Waals surface area contributed by atoms with E-state index in [2.05, 4.69) is 30.1 Å². The Morgan fingerprint density at radius 1 is 1.11 bits per heavy atom. The van der Waals surface area contributed by atoms with Crippen LogP contribution in [0.5, 0.6) is 11.5 Å². The van der Waals surface area contributed by atoms with Crippen molar-refractivity contribution in [2.75, 3.05) is 14.2 Å². The number of rotatable bonds is 7. The normalized spacial score (nSPS) is 14.9. The molecule has 198 valence electrons. The number of H-pyrrole nitrogens is 2. The molecule has 0 spiro atoms. The van der Waals surface area contributed by atoms with Crippen LogP contribution in [0, 0.1) is 0 Å². The summed E-state index contributed by atoms with van der Waals surface area (Å²) in [6, 6.07) is 10.9. The van der Waals surface area contributed by atoms with Gasteiger partial charge in [-0.15, -0.1) is 0 Å². The molecule has 0 aliphatic carbocycles. The number of ether oxygens (including phenoxy) is 3. The van der Waals surface area contributed by atoms with Gasteiger partial charge in [0.15, 0.2) is 5.43 Å². The summed E-state index contributed by atoms with van der Waals surface area (Å²) in [7, 11) is 2.78. The summed E-state index contributed by atoms with van der Waals surface area (Å²) in [4.78, 5) is 39.1. The molecule has 1 atom stereocenters. The molecule has 4 aromatic rings. The van der Waals surface area contributed by atoms with E-state index < -0.39 is 17.4 Å².